The zero-order chi connectivity index (χ0) is 10.7. The second-order valence-electron chi connectivity index (χ2n) is 2.85. The van der Waals surface area contributed by atoms with Gasteiger partial charge in [0.25, 0.3) is 0 Å². The number of halogens is 1. The highest BCUT2D eigenvalue weighted by atomic mass is 79.9. The first-order chi connectivity index (χ1) is 7.24. The van der Waals surface area contributed by atoms with Crippen LogP contribution in [0, 0.1) is 0 Å². The zero-order valence-electron chi connectivity index (χ0n) is 7.72. The van der Waals surface area contributed by atoms with E-state index in [1.54, 1.807) is 0 Å². The number of hydrogen-bond acceptors (Lipinski definition) is 4. The Morgan fingerprint density at radius 3 is 2.27 bits per heavy atom. The van der Waals surface area contributed by atoms with Crippen molar-refractivity contribution in [2.45, 2.75) is 0 Å². The molecule has 1 heterocycles. The van der Waals surface area contributed by atoms with Crippen molar-refractivity contribution >= 4 is 21.6 Å². The lowest BCUT2D eigenvalue weighted by molar-refractivity contribution is 0.442. The maximum Gasteiger partial charge on any atom is 0.322 e. The van der Waals surface area contributed by atoms with E-state index in [1.165, 1.54) is 12.4 Å². The lowest BCUT2D eigenvalue weighted by Crippen LogP contribution is -1.93. The van der Waals surface area contributed by atoms with Gasteiger partial charge < -0.3 is 10.5 Å². The third-order valence-electron chi connectivity index (χ3n) is 1.67. The zero-order valence-corrected chi connectivity index (χ0v) is 9.31. The van der Waals surface area contributed by atoms with E-state index >= 15 is 0 Å². The van der Waals surface area contributed by atoms with Gasteiger partial charge in [-0.05, 0) is 24.3 Å². The van der Waals surface area contributed by atoms with E-state index in [2.05, 4.69) is 25.9 Å². The van der Waals surface area contributed by atoms with E-state index in [4.69, 9.17) is 10.5 Å². The molecule has 0 aliphatic rings. The summed E-state index contributed by atoms with van der Waals surface area (Å²) in [5.74, 6) is 0.683. The molecule has 0 aliphatic heterocycles. The van der Waals surface area contributed by atoms with Gasteiger partial charge in [-0.3, -0.25) is 0 Å². The molecule has 0 saturated carbocycles. The van der Waals surface area contributed by atoms with Crippen LogP contribution in [0.1, 0.15) is 0 Å². The van der Waals surface area contributed by atoms with Crippen molar-refractivity contribution in [3.05, 3.63) is 41.1 Å². The Labute approximate surface area is 95.2 Å². The lowest BCUT2D eigenvalue weighted by Gasteiger charge is -2.02. The second kappa shape index (κ2) is 4.27. The van der Waals surface area contributed by atoms with Crippen LogP contribution in [0.3, 0.4) is 0 Å². The first kappa shape index (κ1) is 9.92. The van der Waals surface area contributed by atoms with Crippen LogP contribution in [-0.4, -0.2) is 9.97 Å². The van der Waals surface area contributed by atoms with Gasteiger partial charge in [0.2, 0.25) is 0 Å². The first-order valence-corrected chi connectivity index (χ1v) is 5.04. The molecule has 0 bridgehead atoms. The van der Waals surface area contributed by atoms with Crippen LogP contribution < -0.4 is 10.5 Å². The van der Waals surface area contributed by atoms with E-state index in [0.29, 0.717) is 11.4 Å². The quantitative estimate of drug-likeness (QED) is 0.907. The molecule has 0 fully saturated rings. The van der Waals surface area contributed by atoms with Gasteiger partial charge in [0.15, 0.2) is 0 Å². The van der Waals surface area contributed by atoms with Crippen molar-refractivity contribution in [1.29, 1.82) is 0 Å². The van der Waals surface area contributed by atoms with Gasteiger partial charge in [0.05, 0.1) is 18.1 Å². The monoisotopic (exact) mass is 265 g/mol. The number of rotatable bonds is 2. The number of anilines is 1. The minimum atomic E-state index is 0.284. The topological polar surface area (TPSA) is 61.0 Å². The van der Waals surface area contributed by atoms with Gasteiger partial charge in [0.1, 0.15) is 5.75 Å². The molecule has 15 heavy (non-hydrogen) atoms. The Hall–Kier alpha value is -1.62. The van der Waals surface area contributed by atoms with E-state index in [0.717, 1.165) is 4.47 Å². The minimum Gasteiger partial charge on any atom is -0.424 e. The number of benzene rings is 1. The minimum absolute atomic E-state index is 0.284. The number of nitrogens with two attached hydrogens (primary N) is 1. The van der Waals surface area contributed by atoms with E-state index < -0.39 is 0 Å². The molecule has 0 saturated heterocycles. The lowest BCUT2D eigenvalue weighted by atomic mass is 10.3. The number of nitrogen functional groups attached to an aromatic ring is 1. The van der Waals surface area contributed by atoms with Crippen LogP contribution in [0.2, 0.25) is 0 Å². The largest absolute Gasteiger partial charge is 0.424 e. The van der Waals surface area contributed by atoms with Crippen LogP contribution in [0.25, 0.3) is 0 Å². The third kappa shape index (κ3) is 2.66. The van der Waals surface area contributed by atoms with Crippen LogP contribution in [0.4, 0.5) is 5.69 Å². The van der Waals surface area contributed by atoms with Crippen molar-refractivity contribution in [2.24, 2.45) is 0 Å². The van der Waals surface area contributed by atoms with E-state index in [1.807, 2.05) is 24.3 Å². The Morgan fingerprint density at radius 2 is 1.67 bits per heavy atom. The van der Waals surface area contributed by atoms with Gasteiger partial charge >= 0.3 is 6.01 Å². The maximum absolute atomic E-state index is 5.45. The van der Waals surface area contributed by atoms with Crippen molar-refractivity contribution in [3.8, 4) is 11.8 Å². The molecule has 1 aromatic carbocycles. The van der Waals surface area contributed by atoms with Crippen molar-refractivity contribution < 1.29 is 4.74 Å². The Kier molecular flexibility index (Phi) is 2.82. The number of hydrogen-bond donors (Lipinski definition) is 1. The summed E-state index contributed by atoms with van der Waals surface area (Å²) in [7, 11) is 0. The number of nitrogens with zero attached hydrogens (tertiary/aromatic N) is 2. The van der Waals surface area contributed by atoms with Crippen molar-refractivity contribution in [2.75, 3.05) is 5.73 Å². The Bertz CT molecular complexity index is 398. The highest BCUT2D eigenvalue weighted by Crippen LogP contribution is 2.20. The molecule has 0 spiro atoms. The maximum atomic E-state index is 5.45. The summed E-state index contributed by atoms with van der Waals surface area (Å²) < 4.78 is 6.38. The summed E-state index contributed by atoms with van der Waals surface area (Å²) in [6, 6.07) is 7.69. The molecule has 2 rings (SSSR count). The fourth-order valence-electron chi connectivity index (χ4n) is 0.987. The summed E-state index contributed by atoms with van der Waals surface area (Å²) >= 11 is 3.34. The summed E-state index contributed by atoms with van der Waals surface area (Å²) in [6.07, 6.45) is 3.00. The van der Waals surface area contributed by atoms with Gasteiger partial charge in [-0.2, -0.15) is 0 Å². The molecule has 2 N–H and O–H groups in total. The highest BCUT2D eigenvalue weighted by Gasteiger charge is 1.99. The predicted octanol–water partition coefficient (Wildman–Crippen LogP) is 2.61. The molecular weight excluding hydrogens is 258 g/mol. The van der Waals surface area contributed by atoms with Gasteiger partial charge in [-0.15, -0.1) is 0 Å². The summed E-state index contributed by atoms with van der Waals surface area (Å²) in [5, 5.41) is 0. The predicted molar refractivity (Wildman–Crippen MR) is 60.7 cm³/mol. The van der Waals surface area contributed by atoms with Crippen LogP contribution >= 0.6 is 15.9 Å². The molecule has 1 aromatic heterocycles. The molecule has 2 aromatic rings. The average molecular weight is 266 g/mol. The normalized spacial score (nSPS) is 9.93. The molecule has 0 aliphatic carbocycles. The van der Waals surface area contributed by atoms with Crippen LogP contribution in [-0.2, 0) is 0 Å². The van der Waals surface area contributed by atoms with Gasteiger partial charge in [-0.1, -0.05) is 15.9 Å². The molecule has 4 nitrogen and oxygen atoms in total. The molecule has 5 heteroatoms. The van der Waals surface area contributed by atoms with Crippen molar-refractivity contribution in [1.82, 2.24) is 9.97 Å². The third-order valence-corrected chi connectivity index (χ3v) is 2.20. The van der Waals surface area contributed by atoms with Crippen LogP contribution in [0.5, 0.6) is 11.8 Å². The molecular formula is C10H8BrN3O. The Morgan fingerprint density at radius 1 is 1.07 bits per heavy atom. The standard InChI is InChI=1S/C10H8BrN3O/c11-7-1-3-9(4-2-7)15-10-13-5-8(12)6-14-10/h1-6H,12H2. The number of aromatic nitrogens is 2. The summed E-state index contributed by atoms with van der Waals surface area (Å²) in [5.41, 5.74) is 5.97. The van der Waals surface area contributed by atoms with Gasteiger partial charge in [0, 0.05) is 4.47 Å². The fourth-order valence-corrected chi connectivity index (χ4v) is 1.25. The van der Waals surface area contributed by atoms with Gasteiger partial charge in [-0.25, -0.2) is 9.97 Å². The van der Waals surface area contributed by atoms with Crippen molar-refractivity contribution in [3.63, 3.8) is 0 Å². The smallest absolute Gasteiger partial charge is 0.322 e. The van der Waals surface area contributed by atoms with Crippen LogP contribution in [0.15, 0.2) is 41.1 Å². The molecule has 0 unspecified atom stereocenters. The Balaban J connectivity index is 2.15. The summed E-state index contributed by atoms with van der Waals surface area (Å²) in [6.45, 7) is 0. The second-order valence-corrected chi connectivity index (χ2v) is 3.77. The SMILES string of the molecule is Nc1cnc(Oc2ccc(Br)cc2)nc1. The first-order valence-electron chi connectivity index (χ1n) is 4.25. The fraction of sp³-hybridized carbons (Fsp3) is 0. The average Bonchev–Trinajstić information content (AvgIpc) is 2.25. The highest BCUT2D eigenvalue weighted by molar-refractivity contribution is 9.10. The molecule has 0 amide bonds. The number of ether oxygens (including phenoxy) is 1. The van der Waals surface area contributed by atoms with E-state index in [9.17, 15) is 0 Å². The molecule has 76 valence electrons. The summed E-state index contributed by atoms with van der Waals surface area (Å²) in [4.78, 5) is 7.85. The van der Waals surface area contributed by atoms with E-state index in [-0.39, 0.29) is 6.01 Å². The molecule has 0 radical (unpaired) electrons. The molecule has 0 atom stereocenters.